The van der Waals surface area contributed by atoms with E-state index in [0.29, 0.717) is 36.2 Å². The Labute approximate surface area is 164 Å². The van der Waals surface area contributed by atoms with E-state index in [9.17, 15) is 9.59 Å². The first kappa shape index (κ1) is 21.7. The van der Waals surface area contributed by atoms with Gasteiger partial charge in [0.25, 0.3) is 0 Å². The van der Waals surface area contributed by atoms with Gasteiger partial charge in [-0.3, -0.25) is 0 Å². The Balaban J connectivity index is 2.28. The average molecular weight is 377 g/mol. The van der Waals surface area contributed by atoms with Crippen LogP contribution in [0.25, 0.3) is 0 Å². The Morgan fingerprint density at radius 2 is 1.07 bits per heavy atom. The Morgan fingerprint density at radius 1 is 0.741 bits per heavy atom. The predicted octanol–water partition coefficient (Wildman–Crippen LogP) is 5.37. The van der Waals surface area contributed by atoms with Gasteiger partial charge < -0.3 is 9.47 Å². The number of ether oxygens (including phenoxy) is 2. The molecule has 2 fully saturated rings. The molecule has 0 radical (unpaired) electrons. The molecule has 0 aromatic heterocycles. The maximum Gasteiger partial charge on any atom is 0.333 e. The molecular weight excluding hydrogens is 340 g/mol. The van der Waals surface area contributed by atoms with Crippen molar-refractivity contribution in [3.8, 4) is 0 Å². The van der Waals surface area contributed by atoms with Gasteiger partial charge in [-0.15, -0.1) is 0 Å². The van der Waals surface area contributed by atoms with Crippen molar-refractivity contribution in [3.05, 3.63) is 24.3 Å². The summed E-state index contributed by atoms with van der Waals surface area (Å²) in [5.74, 6) is 0.143. The molecule has 0 unspecified atom stereocenters. The van der Waals surface area contributed by atoms with Gasteiger partial charge in [0.15, 0.2) is 0 Å². The van der Waals surface area contributed by atoms with Gasteiger partial charge in [0.1, 0.15) is 13.2 Å². The van der Waals surface area contributed by atoms with Crippen molar-refractivity contribution < 1.29 is 19.1 Å². The van der Waals surface area contributed by atoms with Crippen LogP contribution in [0.15, 0.2) is 24.3 Å². The minimum absolute atomic E-state index is 0.295. The van der Waals surface area contributed by atoms with Crippen molar-refractivity contribution in [2.75, 3.05) is 13.2 Å². The molecule has 4 heteroatoms. The van der Waals surface area contributed by atoms with Gasteiger partial charge in [0, 0.05) is 16.6 Å². The van der Waals surface area contributed by atoms with E-state index in [4.69, 9.17) is 9.47 Å². The summed E-state index contributed by atoms with van der Waals surface area (Å²) in [5, 5.41) is 0. The lowest BCUT2D eigenvalue weighted by atomic mass is 9.59. The zero-order valence-electron chi connectivity index (χ0n) is 17.2. The van der Waals surface area contributed by atoms with Crippen LogP contribution in [0.2, 0.25) is 0 Å². The van der Waals surface area contributed by atoms with Crippen molar-refractivity contribution in [2.24, 2.45) is 17.3 Å². The quantitative estimate of drug-likeness (QED) is 0.422. The van der Waals surface area contributed by atoms with Gasteiger partial charge in [-0.05, 0) is 51.4 Å². The van der Waals surface area contributed by atoms with Gasteiger partial charge in [-0.2, -0.15) is 0 Å². The molecule has 27 heavy (non-hydrogen) atoms. The zero-order valence-corrected chi connectivity index (χ0v) is 17.2. The van der Waals surface area contributed by atoms with E-state index in [1.807, 2.05) is 0 Å². The van der Waals surface area contributed by atoms with E-state index < -0.39 is 0 Å². The second kappa shape index (κ2) is 10.1. The summed E-state index contributed by atoms with van der Waals surface area (Å²) in [5.41, 5.74) is 0.530. The number of rotatable bonds is 8. The maximum absolute atomic E-state index is 12.2. The Bertz CT molecular complexity index is 501. The van der Waals surface area contributed by atoms with Crippen LogP contribution in [-0.4, -0.2) is 25.2 Å². The second-order valence-electron chi connectivity index (χ2n) is 8.62. The lowest BCUT2D eigenvalue weighted by Gasteiger charge is -2.48. The SMILES string of the molecule is C=C(C)C(=O)OCC(COC(=O)C(=C)C)(C1CCCCC1)C1CCCCC1. The summed E-state index contributed by atoms with van der Waals surface area (Å²) in [6.07, 6.45) is 11.8. The summed E-state index contributed by atoms with van der Waals surface area (Å²) in [6, 6.07) is 0. The molecule has 2 aliphatic carbocycles. The second-order valence-corrected chi connectivity index (χ2v) is 8.62. The lowest BCUT2D eigenvalue weighted by molar-refractivity contribution is -0.160. The van der Waals surface area contributed by atoms with E-state index in [-0.39, 0.29) is 17.4 Å². The standard InChI is InChI=1S/C23H36O4/c1-17(2)21(24)26-15-23(16-27-22(25)18(3)4,19-11-7-5-8-12-19)20-13-9-6-10-14-20/h19-20H,1,3,5-16H2,2,4H3. The highest BCUT2D eigenvalue weighted by Gasteiger charge is 2.48. The third kappa shape index (κ3) is 5.70. The van der Waals surface area contributed by atoms with E-state index in [0.717, 1.165) is 25.7 Å². The number of hydrogen-bond donors (Lipinski definition) is 0. The summed E-state index contributed by atoms with van der Waals surface area (Å²) in [7, 11) is 0. The van der Waals surface area contributed by atoms with Gasteiger partial charge >= 0.3 is 11.9 Å². The smallest absolute Gasteiger partial charge is 0.333 e. The molecule has 2 aliphatic rings. The maximum atomic E-state index is 12.2. The molecule has 0 saturated heterocycles. The monoisotopic (exact) mass is 376 g/mol. The van der Waals surface area contributed by atoms with E-state index >= 15 is 0 Å². The van der Waals surface area contributed by atoms with Crippen molar-refractivity contribution in [3.63, 3.8) is 0 Å². The third-order valence-corrected chi connectivity index (χ3v) is 6.48. The minimum atomic E-state index is -0.350. The van der Waals surface area contributed by atoms with Crippen LogP contribution in [0.5, 0.6) is 0 Å². The van der Waals surface area contributed by atoms with E-state index in [1.165, 1.54) is 38.5 Å². The molecular formula is C23H36O4. The summed E-state index contributed by atoms with van der Waals surface area (Å²) in [4.78, 5) is 24.3. The molecule has 2 saturated carbocycles. The summed E-state index contributed by atoms with van der Waals surface area (Å²) in [6.45, 7) is 11.4. The molecule has 4 nitrogen and oxygen atoms in total. The third-order valence-electron chi connectivity index (χ3n) is 6.48. The fourth-order valence-corrected chi connectivity index (χ4v) is 4.85. The zero-order chi connectivity index (χ0) is 19.9. The normalized spacial score (nSPS) is 19.3. The molecule has 0 N–H and O–H groups in total. The van der Waals surface area contributed by atoms with Crippen LogP contribution < -0.4 is 0 Å². The summed E-state index contributed by atoms with van der Waals surface area (Å²) < 4.78 is 11.4. The van der Waals surface area contributed by atoms with Crippen molar-refractivity contribution in [1.82, 2.24) is 0 Å². The average Bonchev–Trinajstić information content (AvgIpc) is 2.69. The number of carbonyl (C=O) groups excluding carboxylic acids is 2. The first-order chi connectivity index (χ1) is 12.9. The first-order valence-electron chi connectivity index (χ1n) is 10.5. The molecule has 152 valence electrons. The molecule has 0 amide bonds. The summed E-state index contributed by atoms with van der Waals surface area (Å²) >= 11 is 0. The van der Waals surface area contributed by atoms with Gasteiger partial charge in [-0.1, -0.05) is 51.7 Å². The van der Waals surface area contributed by atoms with Crippen LogP contribution in [0.4, 0.5) is 0 Å². The highest BCUT2D eigenvalue weighted by Crippen LogP contribution is 2.49. The topological polar surface area (TPSA) is 52.6 Å². The van der Waals surface area contributed by atoms with Crippen molar-refractivity contribution >= 4 is 11.9 Å². The van der Waals surface area contributed by atoms with Gasteiger partial charge in [0.2, 0.25) is 0 Å². The van der Waals surface area contributed by atoms with E-state index in [1.54, 1.807) is 13.8 Å². The van der Waals surface area contributed by atoms with Crippen LogP contribution in [0, 0.1) is 17.3 Å². The molecule has 0 aromatic rings. The Morgan fingerprint density at radius 3 is 1.37 bits per heavy atom. The Kier molecular flexibility index (Phi) is 8.12. The van der Waals surface area contributed by atoms with Crippen LogP contribution in [-0.2, 0) is 19.1 Å². The largest absolute Gasteiger partial charge is 0.462 e. The fraction of sp³-hybridized carbons (Fsp3) is 0.739. The highest BCUT2D eigenvalue weighted by molar-refractivity contribution is 5.87. The molecule has 2 rings (SSSR count). The molecule has 0 spiro atoms. The fourth-order valence-electron chi connectivity index (χ4n) is 4.85. The van der Waals surface area contributed by atoms with Gasteiger partial charge in [0.05, 0.1) is 0 Å². The molecule has 0 aromatic carbocycles. The molecule has 0 heterocycles. The molecule has 0 atom stereocenters. The number of carbonyl (C=O) groups is 2. The van der Waals surface area contributed by atoms with Gasteiger partial charge in [-0.25, -0.2) is 9.59 Å². The minimum Gasteiger partial charge on any atom is -0.462 e. The first-order valence-corrected chi connectivity index (χ1v) is 10.5. The number of hydrogen-bond acceptors (Lipinski definition) is 4. The van der Waals surface area contributed by atoms with Crippen molar-refractivity contribution in [2.45, 2.75) is 78.1 Å². The Hall–Kier alpha value is -1.58. The van der Waals surface area contributed by atoms with Crippen LogP contribution in [0.3, 0.4) is 0 Å². The highest BCUT2D eigenvalue weighted by atomic mass is 16.5. The predicted molar refractivity (Wildman–Crippen MR) is 107 cm³/mol. The van der Waals surface area contributed by atoms with E-state index in [2.05, 4.69) is 13.2 Å². The number of esters is 2. The van der Waals surface area contributed by atoms with Crippen LogP contribution in [0.1, 0.15) is 78.1 Å². The molecule has 0 aliphatic heterocycles. The molecule has 0 bridgehead atoms. The van der Waals surface area contributed by atoms with Crippen LogP contribution >= 0.6 is 0 Å². The lowest BCUT2D eigenvalue weighted by Crippen LogP contribution is -2.48. The van der Waals surface area contributed by atoms with Crippen molar-refractivity contribution in [1.29, 1.82) is 0 Å².